The third kappa shape index (κ3) is 5.18. The SMILES string of the molecule is O=C(Nc1ccc(Oc2ccc3ccccc3c2)c(Cl)c1)C(=O)Nc1cc(-c2cccc(F)c2)[nH]n1. The summed E-state index contributed by atoms with van der Waals surface area (Å²) in [6, 6.07) is 25.6. The average molecular weight is 501 g/mol. The standard InChI is InChI=1S/C27H18ClFN4O3/c28-22-14-20(9-11-24(22)36-21-10-8-16-4-1-2-5-17(16)13-21)30-26(34)27(35)31-25-15-23(32-33-25)18-6-3-7-19(29)12-18/h1-15H,(H,30,34)(H2,31,32,33,35). The third-order valence-corrected chi connectivity index (χ3v) is 5.60. The van der Waals surface area contributed by atoms with Crippen molar-refractivity contribution >= 4 is 45.7 Å². The first kappa shape index (κ1) is 23.1. The first-order valence-corrected chi connectivity index (χ1v) is 11.2. The van der Waals surface area contributed by atoms with Crippen molar-refractivity contribution in [1.29, 1.82) is 0 Å². The minimum atomic E-state index is -0.931. The van der Waals surface area contributed by atoms with E-state index < -0.39 is 17.6 Å². The molecule has 36 heavy (non-hydrogen) atoms. The minimum Gasteiger partial charge on any atom is -0.456 e. The van der Waals surface area contributed by atoms with Gasteiger partial charge >= 0.3 is 11.8 Å². The molecule has 4 aromatic carbocycles. The van der Waals surface area contributed by atoms with Gasteiger partial charge in [0.05, 0.1) is 10.7 Å². The van der Waals surface area contributed by atoms with Gasteiger partial charge in [0.15, 0.2) is 5.82 Å². The highest BCUT2D eigenvalue weighted by Crippen LogP contribution is 2.33. The minimum absolute atomic E-state index is 0.117. The molecule has 5 aromatic rings. The van der Waals surface area contributed by atoms with Crippen LogP contribution in [0.25, 0.3) is 22.0 Å². The summed E-state index contributed by atoms with van der Waals surface area (Å²) < 4.78 is 19.3. The van der Waals surface area contributed by atoms with E-state index >= 15 is 0 Å². The quantitative estimate of drug-likeness (QED) is 0.243. The predicted molar refractivity (Wildman–Crippen MR) is 137 cm³/mol. The molecule has 0 atom stereocenters. The van der Waals surface area contributed by atoms with Crippen LogP contribution in [-0.4, -0.2) is 22.0 Å². The fraction of sp³-hybridized carbons (Fsp3) is 0. The van der Waals surface area contributed by atoms with Gasteiger partial charge in [-0.1, -0.05) is 54.1 Å². The van der Waals surface area contributed by atoms with Crippen molar-refractivity contribution in [3.63, 3.8) is 0 Å². The van der Waals surface area contributed by atoms with Gasteiger partial charge in [0.2, 0.25) is 0 Å². The van der Waals surface area contributed by atoms with Crippen LogP contribution < -0.4 is 15.4 Å². The molecule has 5 rings (SSSR count). The number of carbonyl (C=O) groups excluding carboxylic acids is 2. The van der Waals surface area contributed by atoms with Crippen LogP contribution in [0.15, 0.2) is 91.0 Å². The molecule has 1 aromatic heterocycles. The Labute approximate surface area is 209 Å². The van der Waals surface area contributed by atoms with Gasteiger partial charge in [0.25, 0.3) is 0 Å². The monoisotopic (exact) mass is 500 g/mol. The van der Waals surface area contributed by atoms with Gasteiger partial charge in [-0.15, -0.1) is 0 Å². The lowest BCUT2D eigenvalue weighted by atomic mass is 10.1. The number of hydrogen-bond donors (Lipinski definition) is 3. The van der Waals surface area contributed by atoms with E-state index in [2.05, 4.69) is 20.8 Å². The van der Waals surface area contributed by atoms with Crippen molar-refractivity contribution in [2.24, 2.45) is 0 Å². The van der Waals surface area contributed by atoms with Gasteiger partial charge in [0, 0.05) is 17.3 Å². The number of aromatic nitrogens is 2. The second-order valence-corrected chi connectivity index (χ2v) is 8.25. The Hall–Kier alpha value is -4.69. The molecule has 0 fully saturated rings. The summed E-state index contributed by atoms with van der Waals surface area (Å²) in [5.74, 6) is -1.12. The highest BCUT2D eigenvalue weighted by atomic mass is 35.5. The second kappa shape index (κ2) is 9.89. The number of nitrogens with one attached hydrogen (secondary N) is 3. The van der Waals surface area contributed by atoms with Crippen LogP contribution in [0, 0.1) is 5.82 Å². The summed E-state index contributed by atoms with van der Waals surface area (Å²) in [5, 5.41) is 13.9. The molecule has 3 N–H and O–H groups in total. The van der Waals surface area contributed by atoms with Crippen LogP contribution in [-0.2, 0) is 9.59 Å². The van der Waals surface area contributed by atoms with Crippen LogP contribution in [0.5, 0.6) is 11.5 Å². The number of fused-ring (bicyclic) bond motifs is 1. The van der Waals surface area contributed by atoms with Crippen molar-refractivity contribution in [3.05, 3.63) is 102 Å². The molecule has 2 amide bonds. The number of rotatable bonds is 5. The van der Waals surface area contributed by atoms with E-state index in [9.17, 15) is 14.0 Å². The Morgan fingerprint density at radius 2 is 1.64 bits per heavy atom. The van der Waals surface area contributed by atoms with Gasteiger partial charge in [-0.3, -0.25) is 14.7 Å². The van der Waals surface area contributed by atoms with E-state index in [1.807, 2.05) is 42.5 Å². The Kier molecular flexibility index (Phi) is 6.34. The van der Waals surface area contributed by atoms with Crippen molar-refractivity contribution in [1.82, 2.24) is 10.2 Å². The van der Waals surface area contributed by atoms with Crippen LogP contribution in [0.2, 0.25) is 5.02 Å². The number of aromatic amines is 1. The molecule has 0 aliphatic heterocycles. The molecule has 178 valence electrons. The lowest BCUT2D eigenvalue weighted by molar-refractivity contribution is -0.133. The lowest BCUT2D eigenvalue weighted by Crippen LogP contribution is -2.29. The summed E-state index contributed by atoms with van der Waals surface area (Å²) in [6.45, 7) is 0. The number of hydrogen-bond acceptors (Lipinski definition) is 4. The Morgan fingerprint density at radius 1 is 0.833 bits per heavy atom. The van der Waals surface area contributed by atoms with E-state index in [4.69, 9.17) is 16.3 Å². The molecule has 0 aliphatic carbocycles. The Bertz CT molecular complexity index is 1600. The number of anilines is 2. The predicted octanol–water partition coefficient (Wildman–Crippen LogP) is 6.39. The maximum absolute atomic E-state index is 13.4. The fourth-order valence-corrected chi connectivity index (χ4v) is 3.79. The summed E-state index contributed by atoms with van der Waals surface area (Å²) in [6.07, 6.45) is 0. The number of amides is 2. The molecule has 0 bridgehead atoms. The van der Waals surface area contributed by atoms with Crippen LogP contribution in [0.4, 0.5) is 15.9 Å². The van der Waals surface area contributed by atoms with E-state index in [0.717, 1.165) is 10.8 Å². The van der Waals surface area contributed by atoms with Gasteiger partial charge in [-0.25, -0.2) is 4.39 Å². The largest absolute Gasteiger partial charge is 0.456 e. The van der Waals surface area contributed by atoms with Gasteiger partial charge in [-0.05, 0) is 53.2 Å². The normalized spacial score (nSPS) is 10.7. The molecule has 0 spiro atoms. The van der Waals surface area contributed by atoms with E-state index in [1.165, 1.54) is 24.3 Å². The highest BCUT2D eigenvalue weighted by Gasteiger charge is 2.17. The van der Waals surface area contributed by atoms with Crippen LogP contribution in [0.1, 0.15) is 0 Å². The number of ether oxygens (including phenoxy) is 1. The average Bonchev–Trinajstić information content (AvgIpc) is 3.34. The summed E-state index contributed by atoms with van der Waals surface area (Å²) >= 11 is 6.34. The topological polar surface area (TPSA) is 96.1 Å². The summed E-state index contributed by atoms with van der Waals surface area (Å²) in [5.41, 5.74) is 1.35. The summed E-state index contributed by atoms with van der Waals surface area (Å²) in [7, 11) is 0. The van der Waals surface area contributed by atoms with Gasteiger partial charge in [0.1, 0.15) is 17.3 Å². The first-order valence-electron chi connectivity index (χ1n) is 10.8. The molecule has 0 aliphatic rings. The zero-order valence-corrected chi connectivity index (χ0v) is 19.3. The zero-order valence-electron chi connectivity index (χ0n) is 18.6. The molecule has 1 heterocycles. The first-order chi connectivity index (χ1) is 17.4. The van der Waals surface area contributed by atoms with Crippen LogP contribution in [0.3, 0.4) is 0 Å². The number of benzene rings is 4. The van der Waals surface area contributed by atoms with Crippen LogP contribution >= 0.6 is 11.6 Å². The lowest BCUT2D eigenvalue weighted by Gasteiger charge is -2.11. The smallest absolute Gasteiger partial charge is 0.315 e. The van der Waals surface area contributed by atoms with Crippen molar-refractivity contribution in [2.45, 2.75) is 0 Å². The fourth-order valence-electron chi connectivity index (χ4n) is 3.57. The third-order valence-electron chi connectivity index (χ3n) is 5.30. The molecule has 0 saturated heterocycles. The summed E-state index contributed by atoms with van der Waals surface area (Å²) in [4.78, 5) is 24.7. The Morgan fingerprint density at radius 3 is 2.44 bits per heavy atom. The number of nitrogens with zero attached hydrogens (tertiary/aromatic N) is 1. The van der Waals surface area contributed by atoms with Crippen molar-refractivity contribution in [3.8, 4) is 22.8 Å². The van der Waals surface area contributed by atoms with E-state index in [0.29, 0.717) is 28.4 Å². The maximum Gasteiger partial charge on any atom is 0.315 e. The molecule has 0 radical (unpaired) electrons. The second-order valence-electron chi connectivity index (χ2n) is 7.84. The highest BCUT2D eigenvalue weighted by molar-refractivity contribution is 6.43. The van der Waals surface area contributed by atoms with Gasteiger partial charge < -0.3 is 15.4 Å². The Balaban J connectivity index is 1.22. The van der Waals surface area contributed by atoms with Gasteiger partial charge in [-0.2, -0.15) is 5.10 Å². The molecule has 9 heteroatoms. The van der Waals surface area contributed by atoms with Crippen molar-refractivity contribution in [2.75, 3.05) is 10.6 Å². The molecule has 0 saturated carbocycles. The molecular formula is C27H18ClFN4O3. The number of halogens is 2. The maximum atomic E-state index is 13.4. The molecule has 7 nitrogen and oxygen atoms in total. The zero-order chi connectivity index (χ0) is 25.1. The molecule has 0 unspecified atom stereocenters. The molecular weight excluding hydrogens is 483 g/mol. The number of carbonyl (C=O) groups is 2. The van der Waals surface area contributed by atoms with E-state index in [1.54, 1.807) is 24.3 Å². The van der Waals surface area contributed by atoms with E-state index in [-0.39, 0.29) is 10.8 Å². The van der Waals surface area contributed by atoms with Crippen molar-refractivity contribution < 1.29 is 18.7 Å². The number of H-pyrrole nitrogens is 1.